The topological polar surface area (TPSA) is 120 Å². The number of aryl methyl sites for hydroxylation is 1. The molecule has 1 saturated heterocycles. The maximum atomic E-state index is 13.1. The van der Waals surface area contributed by atoms with Gasteiger partial charge in [0.25, 0.3) is 5.91 Å². The smallest absolute Gasteiger partial charge is 0.255 e. The van der Waals surface area contributed by atoms with E-state index in [1.165, 1.54) is 0 Å². The Balaban J connectivity index is 2.02. The molecule has 0 bridgehead atoms. The number of amidine groups is 1. The van der Waals surface area contributed by atoms with Gasteiger partial charge in [-0.25, -0.2) is 9.97 Å². The lowest BCUT2D eigenvalue weighted by atomic mass is 10.0. The molecule has 8 nitrogen and oxygen atoms in total. The molecular formula is C24H25ClN6O2. The molecule has 0 unspecified atom stereocenters. The number of allylic oxidation sites excluding steroid dienone is 2. The lowest BCUT2D eigenvalue weighted by molar-refractivity contribution is 0.0303. The minimum Gasteiger partial charge on any atom is -0.384 e. The number of rotatable bonds is 4. The number of hydrogen-bond acceptors (Lipinski definition) is 6. The van der Waals surface area contributed by atoms with Crippen molar-refractivity contribution in [1.29, 1.82) is 0 Å². The Morgan fingerprint density at radius 1 is 1.30 bits per heavy atom. The molecule has 2 aromatic rings. The van der Waals surface area contributed by atoms with Crippen LogP contribution in [0.2, 0.25) is 5.02 Å². The standard InChI is InChI=1S/C24H25ClN6O2/c1-15(5-9-21(26)28-3)4-7-18-16(2)29-24(27)30-22(18)17-6-8-20(25)19(14-17)23(32)31-10-12-33-13-11-31/h5-6,8-9,14H,1,10-13H2,2-3H3,(H2,26,28)(H2,27,29,30)/b9-5-. The van der Waals surface area contributed by atoms with Gasteiger partial charge in [-0.2, -0.15) is 0 Å². The molecule has 3 rings (SSSR count). The van der Waals surface area contributed by atoms with E-state index in [-0.39, 0.29) is 11.9 Å². The molecule has 1 amide bonds. The van der Waals surface area contributed by atoms with E-state index in [9.17, 15) is 4.79 Å². The van der Waals surface area contributed by atoms with E-state index < -0.39 is 0 Å². The summed E-state index contributed by atoms with van der Waals surface area (Å²) < 4.78 is 5.34. The number of nitrogen functional groups attached to an aromatic ring is 1. The van der Waals surface area contributed by atoms with E-state index in [4.69, 9.17) is 27.8 Å². The summed E-state index contributed by atoms with van der Waals surface area (Å²) in [6.45, 7) is 7.73. The molecule has 170 valence electrons. The number of nitrogens with zero attached hydrogens (tertiary/aromatic N) is 4. The van der Waals surface area contributed by atoms with Crippen molar-refractivity contribution in [1.82, 2.24) is 14.9 Å². The number of benzene rings is 1. The second-order valence-electron chi connectivity index (χ2n) is 7.25. The summed E-state index contributed by atoms with van der Waals surface area (Å²) in [5.74, 6) is 6.35. The van der Waals surface area contributed by atoms with Gasteiger partial charge in [-0.05, 0) is 31.2 Å². The van der Waals surface area contributed by atoms with Crippen molar-refractivity contribution in [3.8, 4) is 23.1 Å². The number of amides is 1. The Kier molecular flexibility index (Phi) is 7.83. The molecule has 0 radical (unpaired) electrons. The van der Waals surface area contributed by atoms with Crippen molar-refractivity contribution in [3.05, 3.63) is 64.3 Å². The largest absolute Gasteiger partial charge is 0.384 e. The second-order valence-corrected chi connectivity index (χ2v) is 7.65. The Hall–Kier alpha value is -3.67. The van der Waals surface area contributed by atoms with Crippen LogP contribution < -0.4 is 11.5 Å². The zero-order chi connectivity index (χ0) is 24.0. The van der Waals surface area contributed by atoms with Crippen molar-refractivity contribution in [2.75, 3.05) is 39.1 Å². The van der Waals surface area contributed by atoms with E-state index in [0.29, 0.717) is 70.8 Å². The fraction of sp³-hybridized carbons (Fsp3) is 0.250. The first kappa shape index (κ1) is 24.0. The molecular weight excluding hydrogens is 440 g/mol. The highest BCUT2D eigenvalue weighted by Crippen LogP contribution is 2.29. The Labute approximate surface area is 198 Å². The summed E-state index contributed by atoms with van der Waals surface area (Å²) in [7, 11) is 1.60. The zero-order valence-electron chi connectivity index (χ0n) is 18.6. The van der Waals surface area contributed by atoms with Crippen molar-refractivity contribution in [2.24, 2.45) is 10.7 Å². The van der Waals surface area contributed by atoms with E-state index in [0.717, 1.165) is 0 Å². The highest BCUT2D eigenvalue weighted by atomic mass is 35.5. The van der Waals surface area contributed by atoms with Crippen LogP contribution in [0.1, 0.15) is 21.6 Å². The monoisotopic (exact) mass is 464 g/mol. The van der Waals surface area contributed by atoms with Gasteiger partial charge >= 0.3 is 0 Å². The fourth-order valence-electron chi connectivity index (χ4n) is 3.17. The van der Waals surface area contributed by atoms with Crippen molar-refractivity contribution in [2.45, 2.75) is 6.92 Å². The third-order valence-corrected chi connectivity index (χ3v) is 5.27. The van der Waals surface area contributed by atoms with E-state index in [1.807, 2.05) is 0 Å². The number of aromatic nitrogens is 2. The first-order valence-corrected chi connectivity index (χ1v) is 10.6. The average Bonchev–Trinajstić information content (AvgIpc) is 2.82. The van der Waals surface area contributed by atoms with E-state index in [1.54, 1.807) is 49.2 Å². The van der Waals surface area contributed by atoms with Gasteiger partial charge in [-0.1, -0.05) is 36.1 Å². The summed E-state index contributed by atoms with van der Waals surface area (Å²) in [6, 6.07) is 5.15. The summed E-state index contributed by atoms with van der Waals surface area (Å²) in [4.78, 5) is 27.3. The molecule has 2 heterocycles. The average molecular weight is 465 g/mol. The minimum atomic E-state index is -0.162. The predicted octanol–water partition coefficient (Wildman–Crippen LogP) is 2.61. The van der Waals surface area contributed by atoms with Crippen LogP contribution in [0.15, 0.2) is 47.5 Å². The van der Waals surface area contributed by atoms with Crippen LogP contribution in [-0.4, -0.2) is 60.0 Å². The maximum absolute atomic E-state index is 13.1. The highest BCUT2D eigenvalue weighted by Gasteiger charge is 2.22. The van der Waals surface area contributed by atoms with Gasteiger partial charge in [-0.15, -0.1) is 0 Å². The molecule has 1 aromatic heterocycles. The van der Waals surface area contributed by atoms with Gasteiger partial charge in [0.2, 0.25) is 5.95 Å². The number of ether oxygens (including phenoxy) is 1. The Bertz CT molecular complexity index is 1200. The number of carbonyl (C=O) groups excluding carboxylic acids is 1. The molecule has 9 heteroatoms. The molecule has 33 heavy (non-hydrogen) atoms. The van der Waals surface area contributed by atoms with Crippen LogP contribution in [0.3, 0.4) is 0 Å². The summed E-state index contributed by atoms with van der Waals surface area (Å²) in [6.07, 6.45) is 3.29. The molecule has 0 aliphatic carbocycles. The van der Waals surface area contributed by atoms with Crippen molar-refractivity contribution < 1.29 is 9.53 Å². The SMILES string of the molecule is C=C(C#Cc1c(C)nc(N)nc1-c1ccc(Cl)c(C(=O)N2CCOCC2)c1)/C=C\C(N)=NC. The molecule has 0 saturated carbocycles. The van der Waals surface area contributed by atoms with Crippen LogP contribution in [0.4, 0.5) is 5.95 Å². The molecule has 0 spiro atoms. The van der Waals surface area contributed by atoms with Crippen molar-refractivity contribution >= 4 is 29.3 Å². The molecule has 1 aliphatic rings. The molecule has 1 aromatic carbocycles. The van der Waals surface area contributed by atoms with Gasteiger partial charge in [0.1, 0.15) is 5.84 Å². The van der Waals surface area contributed by atoms with Gasteiger partial charge in [-0.3, -0.25) is 9.79 Å². The van der Waals surface area contributed by atoms with Crippen LogP contribution in [0.25, 0.3) is 11.3 Å². The second kappa shape index (κ2) is 10.8. The van der Waals surface area contributed by atoms with Crippen LogP contribution in [-0.2, 0) is 4.74 Å². The van der Waals surface area contributed by atoms with Crippen molar-refractivity contribution in [3.63, 3.8) is 0 Å². The minimum absolute atomic E-state index is 0.106. The first-order valence-electron chi connectivity index (χ1n) is 10.2. The number of morpholine rings is 1. The van der Waals surface area contributed by atoms with Crippen LogP contribution in [0.5, 0.6) is 0 Å². The third kappa shape index (κ3) is 5.98. The summed E-state index contributed by atoms with van der Waals surface area (Å²) >= 11 is 6.37. The van der Waals surface area contributed by atoms with E-state index >= 15 is 0 Å². The first-order chi connectivity index (χ1) is 15.8. The number of anilines is 1. The predicted molar refractivity (Wildman–Crippen MR) is 131 cm³/mol. The van der Waals surface area contributed by atoms with Crippen LogP contribution >= 0.6 is 11.6 Å². The summed E-state index contributed by atoms with van der Waals surface area (Å²) in [5.41, 5.74) is 14.8. The number of aliphatic imine (C=N–C) groups is 1. The molecule has 1 fully saturated rings. The lowest BCUT2D eigenvalue weighted by Gasteiger charge is -2.27. The summed E-state index contributed by atoms with van der Waals surface area (Å²) in [5, 5.41) is 0.357. The third-order valence-electron chi connectivity index (χ3n) is 4.94. The number of carbonyl (C=O) groups is 1. The lowest BCUT2D eigenvalue weighted by Crippen LogP contribution is -2.40. The van der Waals surface area contributed by atoms with Gasteiger partial charge in [0, 0.05) is 31.3 Å². The fourth-order valence-corrected chi connectivity index (χ4v) is 3.37. The molecule has 0 atom stereocenters. The zero-order valence-corrected chi connectivity index (χ0v) is 19.3. The number of nitrogens with two attached hydrogens (primary N) is 2. The number of halogens is 1. The Morgan fingerprint density at radius 3 is 2.73 bits per heavy atom. The number of hydrogen-bond donors (Lipinski definition) is 2. The van der Waals surface area contributed by atoms with E-state index in [2.05, 4.69) is 33.4 Å². The highest BCUT2D eigenvalue weighted by molar-refractivity contribution is 6.34. The molecule has 4 N–H and O–H groups in total. The quantitative estimate of drug-likeness (QED) is 0.310. The van der Waals surface area contributed by atoms with Crippen LogP contribution in [0, 0.1) is 18.8 Å². The Morgan fingerprint density at radius 2 is 2.03 bits per heavy atom. The van der Waals surface area contributed by atoms with Gasteiger partial charge in [0.15, 0.2) is 0 Å². The molecule has 1 aliphatic heterocycles. The maximum Gasteiger partial charge on any atom is 0.255 e. The van der Waals surface area contributed by atoms with Gasteiger partial charge < -0.3 is 21.1 Å². The normalized spacial score (nSPS) is 14.2. The van der Waals surface area contributed by atoms with Gasteiger partial charge in [0.05, 0.1) is 40.8 Å².